The molecule has 5 nitrogen and oxygen atoms in total. The number of carbonyl (C=O) groups excluding carboxylic acids is 1. The Morgan fingerprint density at radius 3 is 2.71 bits per heavy atom. The number of oxime groups is 1. The average molecular weight is 201 g/mol. The monoisotopic (exact) mass is 201 g/mol. The number of nitrogens with one attached hydrogen (secondary N) is 1. The number of carbonyl (C=O) groups is 1. The standard InChI is InChI=1S/C9H19N3O2/c1-12(2)7-5-3-4-6-10-9(13)8-11-14/h8,14H,3-7H2,1-2H3,(H,10,13)/b11-8-. The van der Waals surface area contributed by atoms with Crippen molar-refractivity contribution in [2.45, 2.75) is 19.3 Å². The Kier molecular flexibility index (Phi) is 7.83. The fraction of sp³-hybridized carbons (Fsp3) is 0.778. The number of nitrogens with zero attached hydrogens (tertiary/aromatic N) is 2. The zero-order valence-corrected chi connectivity index (χ0v) is 8.86. The molecule has 0 aromatic carbocycles. The van der Waals surface area contributed by atoms with E-state index >= 15 is 0 Å². The number of unbranched alkanes of at least 4 members (excludes halogenated alkanes) is 2. The van der Waals surface area contributed by atoms with Crippen molar-refractivity contribution in [2.24, 2.45) is 5.16 Å². The van der Waals surface area contributed by atoms with Gasteiger partial charge in [0.1, 0.15) is 6.21 Å². The van der Waals surface area contributed by atoms with Crippen LogP contribution in [-0.2, 0) is 4.79 Å². The zero-order chi connectivity index (χ0) is 10.8. The molecule has 2 N–H and O–H groups in total. The lowest BCUT2D eigenvalue weighted by atomic mass is 10.2. The summed E-state index contributed by atoms with van der Waals surface area (Å²) in [6.07, 6.45) is 4.05. The van der Waals surface area contributed by atoms with E-state index in [-0.39, 0.29) is 5.91 Å². The lowest BCUT2D eigenvalue weighted by Gasteiger charge is -2.08. The molecule has 0 unspecified atom stereocenters. The normalized spacial score (nSPS) is 11.1. The summed E-state index contributed by atoms with van der Waals surface area (Å²) < 4.78 is 0. The first-order valence-corrected chi connectivity index (χ1v) is 4.77. The molecular weight excluding hydrogens is 182 g/mol. The minimum atomic E-state index is -0.347. The summed E-state index contributed by atoms with van der Waals surface area (Å²) in [4.78, 5) is 12.9. The summed E-state index contributed by atoms with van der Waals surface area (Å²) in [6, 6.07) is 0. The van der Waals surface area contributed by atoms with E-state index < -0.39 is 0 Å². The smallest absolute Gasteiger partial charge is 0.265 e. The highest BCUT2D eigenvalue weighted by molar-refractivity contribution is 6.25. The Bertz CT molecular complexity index is 181. The van der Waals surface area contributed by atoms with Crippen LogP contribution in [-0.4, -0.2) is 49.4 Å². The molecule has 1 amide bonds. The third kappa shape index (κ3) is 8.99. The van der Waals surface area contributed by atoms with Gasteiger partial charge in [-0.25, -0.2) is 0 Å². The molecule has 14 heavy (non-hydrogen) atoms. The Hall–Kier alpha value is -1.10. The molecule has 0 aliphatic carbocycles. The van der Waals surface area contributed by atoms with Crippen LogP contribution >= 0.6 is 0 Å². The van der Waals surface area contributed by atoms with Gasteiger partial charge < -0.3 is 15.4 Å². The summed E-state index contributed by atoms with van der Waals surface area (Å²) in [5.74, 6) is -0.347. The second-order valence-electron chi connectivity index (χ2n) is 3.40. The van der Waals surface area contributed by atoms with E-state index in [2.05, 4.69) is 15.4 Å². The Morgan fingerprint density at radius 1 is 1.43 bits per heavy atom. The molecule has 0 saturated carbocycles. The van der Waals surface area contributed by atoms with Crippen LogP contribution in [0.2, 0.25) is 0 Å². The summed E-state index contributed by atoms with van der Waals surface area (Å²) in [7, 11) is 4.08. The molecule has 0 aliphatic rings. The van der Waals surface area contributed by atoms with Crippen LogP contribution in [0.15, 0.2) is 5.16 Å². The predicted molar refractivity (Wildman–Crippen MR) is 55.7 cm³/mol. The van der Waals surface area contributed by atoms with Crippen molar-refractivity contribution in [3.63, 3.8) is 0 Å². The van der Waals surface area contributed by atoms with Gasteiger partial charge >= 0.3 is 0 Å². The SMILES string of the molecule is CN(C)CCCCCNC(=O)/C=N\O. The van der Waals surface area contributed by atoms with Crippen molar-refractivity contribution >= 4 is 12.1 Å². The van der Waals surface area contributed by atoms with Gasteiger partial charge in [-0.3, -0.25) is 4.79 Å². The first-order chi connectivity index (χ1) is 6.66. The molecule has 0 aromatic rings. The van der Waals surface area contributed by atoms with E-state index in [1.165, 1.54) is 0 Å². The Balaban J connectivity index is 3.17. The average Bonchev–Trinajstić information content (AvgIpc) is 2.11. The lowest BCUT2D eigenvalue weighted by molar-refractivity contribution is -0.114. The third-order valence-corrected chi connectivity index (χ3v) is 1.76. The number of amides is 1. The van der Waals surface area contributed by atoms with Crippen LogP contribution < -0.4 is 5.32 Å². The van der Waals surface area contributed by atoms with Gasteiger partial charge in [0.25, 0.3) is 5.91 Å². The number of hydrogen-bond donors (Lipinski definition) is 2. The molecule has 0 aromatic heterocycles. The van der Waals surface area contributed by atoms with Crippen molar-refractivity contribution < 1.29 is 10.0 Å². The van der Waals surface area contributed by atoms with Crippen LogP contribution in [0.25, 0.3) is 0 Å². The highest BCUT2D eigenvalue weighted by Gasteiger charge is 1.95. The molecule has 0 bridgehead atoms. The molecule has 5 heteroatoms. The zero-order valence-electron chi connectivity index (χ0n) is 8.86. The summed E-state index contributed by atoms with van der Waals surface area (Å²) in [5, 5.41) is 13.3. The van der Waals surface area contributed by atoms with E-state index in [0.29, 0.717) is 6.54 Å². The molecule has 0 fully saturated rings. The van der Waals surface area contributed by atoms with Gasteiger partial charge in [-0.2, -0.15) is 0 Å². The third-order valence-electron chi connectivity index (χ3n) is 1.76. The summed E-state index contributed by atoms with van der Waals surface area (Å²) in [5.41, 5.74) is 0. The maximum Gasteiger partial charge on any atom is 0.265 e. The fourth-order valence-corrected chi connectivity index (χ4v) is 1.04. The second-order valence-corrected chi connectivity index (χ2v) is 3.40. The Labute approximate surface area is 84.8 Å². The molecule has 0 heterocycles. The maximum absolute atomic E-state index is 10.8. The predicted octanol–water partition coefficient (Wildman–Crippen LogP) is 0.294. The minimum Gasteiger partial charge on any atom is -0.411 e. The summed E-state index contributed by atoms with van der Waals surface area (Å²) in [6.45, 7) is 1.71. The molecule has 0 rings (SSSR count). The van der Waals surface area contributed by atoms with E-state index in [1.54, 1.807) is 0 Å². The first-order valence-electron chi connectivity index (χ1n) is 4.77. The van der Waals surface area contributed by atoms with Crippen molar-refractivity contribution in [1.29, 1.82) is 0 Å². The highest BCUT2D eigenvalue weighted by Crippen LogP contribution is 1.94. The van der Waals surface area contributed by atoms with Crippen molar-refractivity contribution in [3.05, 3.63) is 0 Å². The maximum atomic E-state index is 10.8. The van der Waals surface area contributed by atoms with Gasteiger partial charge in [-0.15, -0.1) is 0 Å². The lowest BCUT2D eigenvalue weighted by Crippen LogP contribution is -2.25. The van der Waals surface area contributed by atoms with Gasteiger partial charge in [-0.1, -0.05) is 11.6 Å². The fourth-order valence-electron chi connectivity index (χ4n) is 1.04. The van der Waals surface area contributed by atoms with Crippen molar-refractivity contribution in [1.82, 2.24) is 10.2 Å². The van der Waals surface area contributed by atoms with Crippen LogP contribution in [0.5, 0.6) is 0 Å². The van der Waals surface area contributed by atoms with Crippen molar-refractivity contribution in [2.75, 3.05) is 27.2 Å². The molecule has 82 valence electrons. The van der Waals surface area contributed by atoms with Crippen LogP contribution in [0.3, 0.4) is 0 Å². The minimum absolute atomic E-state index is 0.347. The molecule has 0 spiro atoms. The van der Waals surface area contributed by atoms with Gasteiger partial charge in [0.05, 0.1) is 0 Å². The molecular formula is C9H19N3O2. The van der Waals surface area contributed by atoms with E-state index in [0.717, 1.165) is 32.0 Å². The van der Waals surface area contributed by atoms with Crippen molar-refractivity contribution in [3.8, 4) is 0 Å². The molecule has 0 aliphatic heterocycles. The highest BCUT2D eigenvalue weighted by atomic mass is 16.4. The first kappa shape index (κ1) is 12.9. The largest absolute Gasteiger partial charge is 0.411 e. The van der Waals surface area contributed by atoms with Gasteiger partial charge in [0, 0.05) is 6.54 Å². The topological polar surface area (TPSA) is 64.9 Å². The number of rotatable bonds is 7. The van der Waals surface area contributed by atoms with Crippen LogP contribution in [0.1, 0.15) is 19.3 Å². The van der Waals surface area contributed by atoms with E-state index in [9.17, 15) is 4.79 Å². The molecule has 0 saturated heterocycles. The van der Waals surface area contributed by atoms with E-state index in [1.807, 2.05) is 14.1 Å². The van der Waals surface area contributed by atoms with Gasteiger partial charge in [-0.05, 0) is 33.5 Å². The van der Waals surface area contributed by atoms with Crippen LogP contribution in [0.4, 0.5) is 0 Å². The van der Waals surface area contributed by atoms with Gasteiger partial charge in [0.15, 0.2) is 0 Å². The number of hydrogen-bond acceptors (Lipinski definition) is 4. The van der Waals surface area contributed by atoms with E-state index in [4.69, 9.17) is 5.21 Å². The van der Waals surface area contributed by atoms with Gasteiger partial charge in [0.2, 0.25) is 0 Å². The summed E-state index contributed by atoms with van der Waals surface area (Å²) >= 11 is 0. The molecule has 0 atom stereocenters. The second kappa shape index (κ2) is 8.50. The quantitative estimate of drug-likeness (QED) is 0.269. The molecule has 0 radical (unpaired) electrons. The van der Waals surface area contributed by atoms with Crippen LogP contribution in [0, 0.1) is 0 Å². The Morgan fingerprint density at radius 2 is 2.14 bits per heavy atom.